The summed E-state index contributed by atoms with van der Waals surface area (Å²) in [7, 11) is 0. The summed E-state index contributed by atoms with van der Waals surface area (Å²) in [5.41, 5.74) is 0.361. The first-order valence-corrected chi connectivity index (χ1v) is 7.70. The Morgan fingerprint density at radius 1 is 1.55 bits per heavy atom. The van der Waals surface area contributed by atoms with Crippen molar-refractivity contribution >= 4 is 23.6 Å². The molecule has 0 spiro atoms. The van der Waals surface area contributed by atoms with E-state index >= 15 is 0 Å². The number of aliphatic hydroxyl groups excluding tert-OH is 1. The summed E-state index contributed by atoms with van der Waals surface area (Å²) in [6, 6.07) is 0. The molecule has 0 aliphatic carbocycles. The lowest BCUT2D eigenvalue weighted by Crippen LogP contribution is -2.48. The first-order chi connectivity index (χ1) is 9.70. The summed E-state index contributed by atoms with van der Waals surface area (Å²) in [6.07, 6.45) is 3.29. The normalized spacial score (nSPS) is 28.6. The number of hydrogen-bond donors (Lipinski definition) is 1. The second-order valence-corrected chi connectivity index (χ2v) is 6.28. The topological polar surface area (TPSA) is 76.1 Å². The van der Waals surface area contributed by atoms with Crippen molar-refractivity contribution in [2.75, 3.05) is 19.8 Å². The number of aliphatic hydroxyl groups is 1. The van der Waals surface area contributed by atoms with Crippen molar-refractivity contribution < 1.29 is 24.2 Å². The molecule has 3 rings (SSSR count). The minimum Gasteiger partial charge on any atom is -0.459 e. The van der Waals surface area contributed by atoms with Crippen LogP contribution < -0.4 is 0 Å². The number of fused-ring (bicyclic) bond motifs is 1. The van der Waals surface area contributed by atoms with Crippen molar-refractivity contribution in [1.82, 2.24) is 4.90 Å². The standard InChI is InChI=1S/C13H17NO5S/c15-3-5-19-13(17)12-9(6-8-2-1-4-18-8)20-11-7-10(16)14(11)12/h8,11,15H,1-7H2/t8-,11+/m1/s1. The van der Waals surface area contributed by atoms with E-state index in [0.29, 0.717) is 18.5 Å². The predicted octanol–water partition coefficient (Wildman–Crippen LogP) is 0.608. The SMILES string of the molecule is O=C(OCCO)C1=C(C[C@H]2CCCO2)S[C@H]2CC(=O)N12. The summed E-state index contributed by atoms with van der Waals surface area (Å²) in [5, 5.41) is 8.78. The van der Waals surface area contributed by atoms with Gasteiger partial charge in [0.2, 0.25) is 5.91 Å². The molecule has 2 fully saturated rings. The van der Waals surface area contributed by atoms with Gasteiger partial charge in [-0.1, -0.05) is 0 Å². The van der Waals surface area contributed by atoms with E-state index in [2.05, 4.69) is 0 Å². The van der Waals surface area contributed by atoms with Gasteiger partial charge in [0.05, 0.1) is 24.5 Å². The number of β-lactam (4-membered cyclic amide) rings is 1. The van der Waals surface area contributed by atoms with Crippen molar-refractivity contribution in [3.8, 4) is 0 Å². The smallest absolute Gasteiger partial charge is 0.356 e. The van der Waals surface area contributed by atoms with Crippen LogP contribution >= 0.6 is 11.8 Å². The van der Waals surface area contributed by atoms with Gasteiger partial charge in [-0.15, -0.1) is 11.8 Å². The molecule has 1 amide bonds. The van der Waals surface area contributed by atoms with Gasteiger partial charge in [0.25, 0.3) is 0 Å². The quantitative estimate of drug-likeness (QED) is 0.592. The largest absolute Gasteiger partial charge is 0.459 e. The highest BCUT2D eigenvalue weighted by Crippen LogP contribution is 2.48. The summed E-state index contributed by atoms with van der Waals surface area (Å²) in [6.45, 7) is 0.497. The zero-order chi connectivity index (χ0) is 14.1. The van der Waals surface area contributed by atoms with Crippen molar-refractivity contribution in [3.63, 3.8) is 0 Å². The molecule has 3 heterocycles. The third kappa shape index (κ3) is 2.45. The van der Waals surface area contributed by atoms with Gasteiger partial charge in [0.1, 0.15) is 12.3 Å². The van der Waals surface area contributed by atoms with E-state index in [1.807, 2.05) is 0 Å². The molecule has 0 aromatic carbocycles. The Morgan fingerprint density at radius 3 is 3.05 bits per heavy atom. The molecular weight excluding hydrogens is 282 g/mol. The Balaban J connectivity index is 1.76. The third-order valence-corrected chi connectivity index (χ3v) is 4.94. The summed E-state index contributed by atoms with van der Waals surface area (Å²) in [5.74, 6) is -0.559. The van der Waals surface area contributed by atoms with Crippen molar-refractivity contribution in [2.24, 2.45) is 0 Å². The van der Waals surface area contributed by atoms with Crippen LogP contribution in [0.25, 0.3) is 0 Å². The van der Waals surface area contributed by atoms with Crippen LogP contribution in [-0.2, 0) is 19.1 Å². The number of nitrogens with zero attached hydrogens (tertiary/aromatic N) is 1. The number of amides is 1. The number of thioether (sulfide) groups is 1. The Labute approximate surface area is 121 Å². The van der Waals surface area contributed by atoms with Gasteiger partial charge in [0.15, 0.2) is 0 Å². The maximum Gasteiger partial charge on any atom is 0.356 e. The monoisotopic (exact) mass is 299 g/mol. The zero-order valence-electron chi connectivity index (χ0n) is 11.0. The van der Waals surface area contributed by atoms with E-state index in [4.69, 9.17) is 14.6 Å². The number of hydrogen-bond acceptors (Lipinski definition) is 6. The van der Waals surface area contributed by atoms with Crippen LogP contribution in [0.2, 0.25) is 0 Å². The van der Waals surface area contributed by atoms with Gasteiger partial charge in [-0.05, 0) is 12.8 Å². The van der Waals surface area contributed by atoms with Crippen LogP contribution in [0.1, 0.15) is 25.7 Å². The number of esters is 1. The fourth-order valence-corrected chi connectivity index (χ4v) is 4.14. The highest BCUT2D eigenvalue weighted by atomic mass is 32.2. The van der Waals surface area contributed by atoms with Gasteiger partial charge < -0.3 is 14.6 Å². The van der Waals surface area contributed by atoms with Gasteiger partial charge >= 0.3 is 5.97 Å². The molecule has 110 valence electrons. The van der Waals surface area contributed by atoms with Gasteiger partial charge in [-0.2, -0.15) is 0 Å². The average molecular weight is 299 g/mol. The average Bonchev–Trinajstić information content (AvgIpc) is 3.02. The van der Waals surface area contributed by atoms with Gasteiger partial charge in [-0.25, -0.2) is 4.79 Å². The van der Waals surface area contributed by atoms with Crippen molar-refractivity contribution in [2.45, 2.75) is 37.2 Å². The maximum absolute atomic E-state index is 12.1. The second kappa shape index (κ2) is 5.75. The van der Waals surface area contributed by atoms with E-state index in [0.717, 1.165) is 24.4 Å². The molecule has 1 N–H and O–H groups in total. The molecule has 6 nitrogen and oxygen atoms in total. The number of carbonyl (C=O) groups is 2. The molecule has 0 bridgehead atoms. The van der Waals surface area contributed by atoms with Gasteiger partial charge in [0, 0.05) is 17.9 Å². The lowest BCUT2D eigenvalue weighted by atomic mass is 10.1. The Kier molecular flexibility index (Phi) is 4.00. The fraction of sp³-hybridized carbons (Fsp3) is 0.692. The van der Waals surface area contributed by atoms with E-state index < -0.39 is 5.97 Å². The van der Waals surface area contributed by atoms with E-state index in [1.165, 1.54) is 4.90 Å². The molecule has 20 heavy (non-hydrogen) atoms. The fourth-order valence-electron chi connectivity index (χ4n) is 2.68. The number of rotatable bonds is 5. The summed E-state index contributed by atoms with van der Waals surface area (Å²) >= 11 is 1.56. The minimum absolute atomic E-state index is 0.0376. The van der Waals surface area contributed by atoms with Crippen LogP contribution in [0.3, 0.4) is 0 Å². The minimum atomic E-state index is -0.518. The van der Waals surface area contributed by atoms with Crippen LogP contribution in [0.5, 0.6) is 0 Å². The molecule has 0 unspecified atom stereocenters. The number of ether oxygens (including phenoxy) is 2. The van der Waals surface area contributed by atoms with Crippen LogP contribution in [-0.4, -0.2) is 53.2 Å². The van der Waals surface area contributed by atoms with Crippen LogP contribution in [0.15, 0.2) is 10.6 Å². The Bertz CT molecular complexity index is 458. The molecule has 0 saturated carbocycles. The van der Waals surface area contributed by atoms with Crippen molar-refractivity contribution in [1.29, 1.82) is 0 Å². The highest BCUT2D eigenvalue weighted by molar-refractivity contribution is 8.04. The Hall–Kier alpha value is -1.05. The van der Waals surface area contributed by atoms with E-state index in [1.54, 1.807) is 11.8 Å². The van der Waals surface area contributed by atoms with E-state index in [-0.39, 0.29) is 30.6 Å². The number of carbonyl (C=O) groups excluding carboxylic acids is 2. The lowest BCUT2D eigenvalue weighted by Gasteiger charge is -2.34. The summed E-state index contributed by atoms with van der Waals surface area (Å²) < 4.78 is 10.6. The molecule has 3 aliphatic heterocycles. The summed E-state index contributed by atoms with van der Waals surface area (Å²) in [4.78, 5) is 26.2. The molecule has 3 aliphatic rings. The highest BCUT2D eigenvalue weighted by Gasteiger charge is 2.49. The Morgan fingerprint density at radius 2 is 2.40 bits per heavy atom. The third-order valence-electron chi connectivity index (χ3n) is 3.64. The van der Waals surface area contributed by atoms with Crippen LogP contribution in [0, 0.1) is 0 Å². The molecule has 0 radical (unpaired) electrons. The maximum atomic E-state index is 12.1. The predicted molar refractivity (Wildman–Crippen MR) is 71.5 cm³/mol. The molecule has 0 aromatic heterocycles. The lowest BCUT2D eigenvalue weighted by molar-refractivity contribution is -0.149. The molecule has 2 saturated heterocycles. The first kappa shape index (κ1) is 13.9. The molecule has 2 atom stereocenters. The zero-order valence-corrected chi connectivity index (χ0v) is 11.9. The molecule has 7 heteroatoms. The van der Waals surface area contributed by atoms with Gasteiger partial charge in [-0.3, -0.25) is 9.69 Å². The van der Waals surface area contributed by atoms with E-state index in [9.17, 15) is 9.59 Å². The van der Waals surface area contributed by atoms with Crippen LogP contribution in [0.4, 0.5) is 0 Å². The molecule has 0 aromatic rings. The van der Waals surface area contributed by atoms with Crippen molar-refractivity contribution in [3.05, 3.63) is 10.6 Å². The second-order valence-electron chi connectivity index (χ2n) is 5.01. The molecular formula is C13H17NO5S. The first-order valence-electron chi connectivity index (χ1n) is 6.82.